The number of hydrogen-bond acceptors (Lipinski definition) is 4. The molecule has 0 fully saturated rings. The van der Waals surface area contributed by atoms with Crippen molar-refractivity contribution in [3.63, 3.8) is 0 Å². The minimum atomic E-state index is 0.805. The molecular weight excluding hydrogens is 316 g/mol. The molecular formula is C15H19BrN4. The second kappa shape index (κ2) is 6.70. The van der Waals surface area contributed by atoms with Crippen LogP contribution >= 0.6 is 15.9 Å². The molecule has 0 aliphatic carbocycles. The molecule has 0 radical (unpaired) electrons. The lowest BCUT2D eigenvalue weighted by Gasteiger charge is -2.12. The number of rotatable bonds is 5. The van der Waals surface area contributed by atoms with Crippen molar-refractivity contribution in [1.29, 1.82) is 0 Å². The second-order valence-corrected chi connectivity index (χ2v) is 5.29. The molecule has 2 rings (SSSR count). The van der Waals surface area contributed by atoms with E-state index in [1.54, 1.807) is 0 Å². The van der Waals surface area contributed by atoms with Crippen molar-refractivity contribution < 1.29 is 0 Å². The first kappa shape index (κ1) is 14.8. The van der Waals surface area contributed by atoms with Gasteiger partial charge in [-0.25, -0.2) is 9.97 Å². The van der Waals surface area contributed by atoms with Crippen LogP contribution in [0.15, 0.2) is 28.7 Å². The Hall–Kier alpha value is -1.62. The highest BCUT2D eigenvalue weighted by molar-refractivity contribution is 9.10. The summed E-state index contributed by atoms with van der Waals surface area (Å²) in [6, 6.07) is 8.04. The molecule has 2 N–H and O–H groups in total. The van der Waals surface area contributed by atoms with E-state index in [1.807, 2.05) is 18.2 Å². The van der Waals surface area contributed by atoms with E-state index in [1.165, 1.54) is 5.56 Å². The number of aromatic nitrogens is 2. The van der Waals surface area contributed by atoms with E-state index < -0.39 is 0 Å². The van der Waals surface area contributed by atoms with Crippen LogP contribution in [0, 0.1) is 6.92 Å². The Balaban J connectivity index is 2.32. The van der Waals surface area contributed by atoms with Gasteiger partial charge in [-0.15, -0.1) is 0 Å². The summed E-state index contributed by atoms with van der Waals surface area (Å²) in [5.74, 6) is 2.49. The Morgan fingerprint density at radius 3 is 2.60 bits per heavy atom. The molecule has 0 spiro atoms. The molecule has 0 bridgehead atoms. The van der Waals surface area contributed by atoms with Crippen LogP contribution in [0.3, 0.4) is 0 Å². The van der Waals surface area contributed by atoms with Crippen LogP contribution in [0.5, 0.6) is 0 Å². The zero-order valence-electron chi connectivity index (χ0n) is 12.0. The van der Waals surface area contributed by atoms with Gasteiger partial charge in [0.25, 0.3) is 0 Å². The zero-order chi connectivity index (χ0) is 14.5. The predicted molar refractivity (Wildman–Crippen MR) is 87.7 cm³/mol. The molecule has 1 aromatic heterocycles. The number of halogens is 1. The minimum Gasteiger partial charge on any atom is -0.370 e. The SMILES string of the molecule is CCNc1cc(Nc2cccc(C)c2Br)nc(CC)n1. The molecule has 20 heavy (non-hydrogen) atoms. The van der Waals surface area contributed by atoms with Gasteiger partial charge in [0, 0.05) is 23.5 Å². The maximum atomic E-state index is 4.52. The van der Waals surface area contributed by atoms with Crippen LogP contribution in [-0.4, -0.2) is 16.5 Å². The van der Waals surface area contributed by atoms with E-state index in [9.17, 15) is 0 Å². The molecule has 0 amide bonds. The Bertz CT molecular complexity index is 598. The van der Waals surface area contributed by atoms with Gasteiger partial charge in [0.05, 0.1) is 5.69 Å². The van der Waals surface area contributed by atoms with Gasteiger partial charge in [-0.1, -0.05) is 19.1 Å². The van der Waals surface area contributed by atoms with Gasteiger partial charge >= 0.3 is 0 Å². The summed E-state index contributed by atoms with van der Waals surface area (Å²) in [7, 11) is 0. The molecule has 0 aliphatic heterocycles. The molecule has 0 unspecified atom stereocenters. The molecule has 0 atom stereocenters. The zero-order valence-corrected chi connectivity index (χ0v) is 13.6. The van der Waals surface area contributed by atoms with Crippen molar-refractivity contribution in [2.45, 2.75) is 27.2 Å². The minimum absolute atomic E-state index is 0.805. The van der Waals surface area contributed by atoms with E-state index in [4.69, 9.17) is 0 Å². The van der Waals surface area contributed by atoms with Crippen molar-refractivity contribution in [1.82, 2.24) is 9.97 Å². The van der Waals surface area contributed by atoms with Gasteiger partial charge < -0.3 is 10.6 Å². The third-order valence-corrected chi connectivity index (χ3v) is 3.95. The standard InChI is InChI=1S/C15H19BrN4/c1-4-12-19-13(17-5-2)9-14(20-12)18-11-8-6-7-10(3)15(11)16/h6-9H,4-5H2,1-3H3,(H2,17,18,19,20). The fraction of sp³-hybridized carbons (Fsp3) is 0.333. The van der Waals surface area contributed by atoms with Crippen LogP contribution in [0.1, 0.15) is 25.2 Å². The Kier molecular flexibility index (Phi) is 4.95. The topological polar surface area (TPSA) is 49.8 Å². The largest absolute Gasteiger partial charge is 0.370 e. The van der Waals surface area contributed by atoms with Gasteiger partial charge in [0.1, 0.15) is 17.5 Å². The normalized spacial score (nSPS) is 10.4. The highest BCUT2D eigenvalue weighted by Crippen LogP contribution is 2.28. The third-order valence-electron chi connectivity index (χ3n) is 2.90. The maximum Gasteiger partial charge on any atom is 0.136 e. The highest BCUT2D eigenvalue weighted by atomic mass is 79.9. The molecule has 4 nitrogen and oxygen atoms in total. The average Bonchev–Trinajstić information content (AvgIpc) is 2.44. The lowest BCUT2D eigenvalue weighted by Crippen LogP contribution is -2.05. The fourth-order valence-corrected chi connectivity index (χ4v) is 2.24. The predicted octanol–water partition coefficient (Wildman–Crippen LogP) is 4.29. The van der Waals surface area contributed by atoms with Crippen molar-refractivity contribution in [2.24, 2.45) is 0 Å². The third kappa shape index (κ3) is 3.48. The maximum absolute atomic E-state index is 4.52. The second-order valence-electron chi connectivity index (χ2n) is 4.50. The Labute approximate surface area is 128 Å². The van der Waals surface area contributed by atoms with Gasteiger partial charge in [0.15, 0.2) is 0 Å². The van der Waals surface area contributed by atoms with Gasteiger partial charge in [-0.05, 0) is 41.4 Å². The number of nitrogens with one attached hydrogen (secondary N) is 2. The number of hydrogen-bond donors (Lipinski definition) is 2. The summed E-state index contributed by atoms with van der Waals surface area (Å²) >= 11 is 3.60. The van der Waals surface area contributed by atoms with Crippen LogP contribution in [0.25, 0.3) is 0 Å². The van der Waals surface area contributed by atoms with Crippen molar-refractivity contribution >= 4 is 33.3 Å². The summed E-state index contributed by atoms with van der Waals surface area (Å²) in [6.45, 7) is 7.01. The lowest BCUT2D eigenvalue weighted by molar-refractivity contribution is 0.939. The molecule has 5 heteroatoms. The Morgan fingerprint density at radius 2 is 1.90 bits per heavy atom. The summed E-state index contributed by atoms with van der Waals surface area (Å²) in [5.41, 5.74) is 2.19. The first-order valence-electron chi connectivity index (χ1n) is 6.78. The average molecular weight is 335 g/mol. The van der Waals surface area contributed by atoms with E-state index >= 15 is 0 Å². The summed E-state index contributed by atoms with van der Waals surface area (Å²) < 4.78 is 1.06. The number of aryl methyl sites for hydroxylation is 2. The van der Waals surface area contributed by atoms with E-state index in [2.05, 4.69) is 63.4 Å². The van der Waals surface area contributed by atoms with Gasteiger partial charge in [0.2, 0.25) is 0 Å². The molecule has 2 aromatic rings. The molecule has 0 aliphatic rings. The number of anilines is 3. The van der Waals surface area contributed by atoms with Gasteiger partial charge in [-0.3, -0.25) is 0 Å². The lowest BCUT2D eigenvalue weighted by atomic mass is 10.2. The first-order chi connectivity index (χ1) is 9.63. The molecule has 1 aromatic carbocycles. The van der Waals surface area contributed by atoms with Crippen molar-refractivity contribution in [2.75, 3.05) is 17.2 Å². The Morgan fingerprint density at radius 1 is 1.15 bits per heavy atom. The van der Waals surface area contributed by atoms with Crippen LogP contribution in [0.2, 0.25) is 0 Å². The quantitative estimate of drug-likeness (QED) is 0.856. The summed E-state index contributed by atoms with van der Waals surface area (Å²) in [4.78, 5) is 8.97. The molecule has 0 saturated carbocycles. The monoisotopic (exact) mass is 334 g/mol. The van der Waals surface area contributed by atoms with E-state index in [0.29, 0.717) is 0 Å². The summed E-state index contributed by atoms with van der Waals surface area (Å²) in [5, 5.41) is 6.58. The summed E-state index contributed by atoms with van der Waals surface area (Å²) in [6.07, 6.45) is 0.808. The van der Waals surface area contributed by atoms with Crippen molar-refractivity contribution in [3.05, 3.63) is 40.1 Å². The fourth-order valence-electron chi connectivity index (χ4n) is 1.87. The van der Waals surface area contributed by atoms with Crippen LogP contribution in [0.4, 0.5) is 17.3 Å². The van der Waals surface area contributed by atoms with Crippen LogP contribution < -0.4 is 10.6 Å². The van der Waals surface area contributed by atoms with E-state index in [-0.39, 0.29) is 0 Å². The van der Waals surface area contributed by atoms with E-state index in [0.717, 1.165) is 40.6 Å². The van der Waals surface area contributed by atoms with Crippen LogP contribution in [-0.2, 0) is 6.42 Å². The number of nitrogens with zero attached hydrogens (tertiary/aromatic N) is 2. The molecule has 1 heterocycles. The molecule has 0 saturated heterocycles. The van der Waals surface area contributed by atoms with Gasteiger partial charge in [-0.2, -0.15) is 0 Å². The molecule has 106 valence electrons. The first-order valence-corrected chi connectivity index (χ1v) is 7.57. The highest BCUT2D eigenvalue weighted by Gasteiger charge is 2.06. The van der Waals surface area contributed by atoms with Crippen molar-refractivity contribution in [3.8, 4) is 0 Å². The smallest absolute Gasteiger partial charge is 0.136 e. The number of benzene rings is 1.